The van der Waals surface area contributed by atoms with Crippen molar-refractivity contribution in [2.75, 3.05) is 23.8 Å². The summed E-state index contributed by atoms with van der Waals surface area (Å²) in [6.45, 7) is 5.09. The summed E-state index contributed by atoms with van der Waals surface area (Å²) in [6.07, 6.45) is 2.91. The number of imidazole rings is 1. The molecule has 2 aromatic heterocycles. The minimum absolute atomic E-state index is 0.0534. The number of ether oxygens (including phenoxy) is 1. The lowest BCUT2D eigenvalue weighted by atomic mass is 10.1. The molecule has 178 valence electrons. The predicted octanol–water partition coefficient (Wildman–Crippen LogP) is 6.11. The van der Waals surface area contributed by atoms with Gasteiger partial charge in [0.2, 0.25) is 11.9 Å². The monoisotopic (exact) mass is 470 g/mol. The van der Waals surface area contributed by atoms with Crippen molar-refractivity contribution in [1.82, 2.24) is 19.5 Å². The zero-order chi connectivity index (χ0) is 24.1. The van der Waals surface area contributed by atoms with Gasteiger partial charge in [-0.3, -0.25) is 4.57 Å². The van der Waals surface area contributed by atoms with Gasteiger partial charge in [0.15, 0.2) is 17.3 Å². The van der Waals surface area contributed by atoms with Gasteiger partial charge >= 0.3 is 0 Å². The third-order valence-electron chi connectivity index (χ3n) is 5.26. The first-order valence-corrected chi connectivity index (χ1v) is 11.1. The van der Waals surface area contributed by atoms with Gasteiger partial charge in [0, 0.05) is 37.1 Å². The van der Waals surface area contributed by atoms with E-state index in [1.807, 2.05) is 44.2 Å². The smallest absolute Gasteiger partial charge is 0.229 e. The molecule has 0 aliphatic carbocycles. The van der Waals surface area contributed by atoms with Crippen molar-refractivity contribution in [3.63, 3.8) is 0 Å². The fourth-order valence-corrected chi connectivity index (χ4v) is 3.75. The minimum atomic E-state index is -1.05. The van der Waals surface area contributed by atoms with Crippen LogP contribution in [0.15, 0.2) is 48.7 Å². The van der Waals surface area contributed by atoms with Crippen LogP contribution < -0.4 is 10.6 Å². The van der Waals surface area contributed by atoms with E-state index in [2.05, 4.69) is 25.6 Å². The number of halogens is 3. The number of benzene rings is 2. The topological polar surface area (TPSA) is 76.9 Å². The van der Waals surface area contributed by atoms with Crippen LogP contribution in [-0.4, -0.2) is 32.7 Å². The number of rotatable bonds is 5. The molecule has 5 rings (SSSR count). The summed E-state index contributed by atoms with van der Waals surface area (Å²) in [5.74, 6) is -2.53. The van der Waals surface area contributed by atoms with Gasteiger partial charge in [-0.05, 0) is 25.0 Å². The van der Waals surface area contributed by atoms with Gasteiger partial charge in [0.1, 0.15) is 17.0 Å². The lowest BCUT2D eigenvalue weighted by Gasteiger charge is -2.25. The number of aromatic nitrogens is 4. The van der Waals surface area contributed by atoms with Gasteiger partial charge in [-0.25, -0.2) is 23.1 Å². The van der Waals surface area contributed by atoms with E-state index in [0.717, 1.165) is 5.69 Å². The largest absolute Gasteiger partial charge is 0.381 e. The van der Waals surface area contributed by atoms with E-state index in [9.17, 15) is 13.2 Å². The molecule has 34 heavy (non-hydrogen) atoms. The fraction of sp³-hybridized carbons (Fsp3) is 0.292. The van der Waals surface area contributed by atoms with Crippen molar-refractivity contribution < 1.29 is 17.9 Å². The molecule has 3 heterocycles. The van der Waals surface area contributed by atoms with Crippen molar-refractivity contribution in [2.45, 2.75) is 32.7 Å². The summed E-state index contributed by atoms with van der Waals surface area (Å²) < 4.78 is 49.2. The molecule has 0 bridgehead atoms. The Hall–Kier alpha value is -3.66. The molecular weight excluding hydrogens is 445 g/mol. The molecule has 7 nitrogen and oxygen atoms in total. The predicted molar refractivity (Wildman–Crippen MR) is 125 cm³/mol. The van der Waals surface area contributed by atoms with Gasteiger partial charge in [-0.15, -0.1) is 0 Å². The standard InChI is InChI=1S/C22H19F3N6O.C2H6/c23-13-10-16(24)19(17(25)11-13)29-22-28-18-12-26-21(27-14-4-2-1-3-5-14)30-20(18)31(22)15-6-8-32-9-7-15;1-2/h1-5,10-12,15H,6-9H2,(H,28,29)(H,26,27,30);1-2H3. The number of nitrogens with zero attached hydrogens (tertiary/aromatic N) is 4. The second-order valence-electron chi connectivity index (χ2n) is 7.41. The molecule has 0 amide bonds. The summed E-state index contributed by atoms with van der Waals surface area (Å²) >= 11 is 0. The zero-order valence-corrected chi connectivity index (χ0v) is 18.9. The molecule has 0 radical (unpaired) electrons. The van der Waals surface area contributed by atoms with Crippen LogP contribution >= 0.6 is 0 Å². The van der Waals surface area contributed by atoms with Crippen LogP contribution in [0.4, 0.5) is 36.4 Å². The van der Waals surface area contributed by atoms with E-state index in [-0.39, 0.29) is 12.0 Å². The van der Waals surface area contributed by atoms with Crippen LogP contribution in [0.2, 0.25) is 0 Å². The Bertz CT molecular complexity index is 1240. The van der Waals surface area contributed by atoms with Crippen LogP contribution in [-0.2, 0) is 4.74 Å². The third-order valence-corrected chi connectivity index (χ3v) is 5.26. The number of anilines is 4. The SMILES string of the molecule is CC.Fc1cc(F)c(Nc2nc3cnc(Nc4ccccc4)nc3n2C2CCOCC2)c(F)c1. The molecule has 10 heteroatoms. The lowest BCUT2D eigenvalue weighted by Crippen LogP contribution is -2.21. The first-order valence-electron chi connectivity index (χ1n) is 11.1. The molecule has 2 N–H and O–H groups in total. The number of nitrogens with one attached hydrogen (secondary N) is 2. The Morgan fingerprint density at radius 2 is 1.62 bits per heavy atom. The fourth-order valence-electron chi connectivity index (χ4n) is 3.75. The van der Waals surface area contributed by atoms with Crippen LogP contribution in [0.25, 0.3) is 11.2 Å². The Balaban J connectivity index is 0.00000133. The number of fused-ring (bicyclic) bond motifs is 1. The Morgan fingerprint density at radius 3 is 2.29 bits per heavy atom. The van der Waals surface area contributed by atoms with E-state index in [1.165, 1.54) is 0 Å². The highest BCUT2D eigenvalue weighted by Gasteiger charge is 2.25. The molecule has 1 saturated heterocycles. The normalized spacial score (nSPS) is 13.9. The van der Waals surface area contributed by atoms with Gasteiger partial charge in [-0.2, -0.15) is 4.98 Å². The van der Waals surface area contributed by atoms with Crippen molar-refractivity contribution in [2.24, 2.45) is 0 Å². The third kappa shape index (κ3) is 4.96. The Morgan fingerprint density at radius 1 is 0.941 bits per heavy atom. The first kappa shape index (κ1) is 23.5. The van der Waals surface area contributed by atoms with E-state index < -0.39 is 23.1 Å². The van der Waals surface area contributed by atoms with Gasteiger partial charge in [-0.1, -0.05) is 32.0 Å². The quantitative estimate of drug-likeness (QED) is 0.367. The zero-order valence-electron chi connectivity index (χ0n) is 18.9. The van der Waals surface area contributed by atoms with E-state index in [1.54, 1.807) is 10.8 Å². The summed E-state index contributed by atoms with van der Waals surface area (Å²) in [5.41, 5.74) is 1.31. The number of hydrogen-bond acceptors (Lipinski definition) is 6. The summed E-state index contributed by atoms with van der Waals surface area (Å²) in [4.78, 5) is 13.4. The van der Waals surface area contributed by atoms with Crippen molar-refractivity contribution in [1.29, 1.82) is 0 Å². The van der Waals surface area contributed by atoms with Crippen molar-refractivity contribution in [3.05, 3.63) is 66.1 Å². The van der Waals surface area contributed by atoms with Gasteiger partial charge < -0.3 is 15.4 Å². The molecule has 0 atom stereocenters. The van der Waals surface area contributed by atoms with Crippen LogP contribution in [0.5, 0.6) is 0 Å². The molecule has 1 fully saturated rings. The molecule has 2 aromatic carbocycles. The molecular formula is C24H25F3N6O. The van der Waals surface area contributed by atoms with Crippen LogP contribution in [0.3, 0.4) is 0 Å². The van der Waals surface area contributed by atoms with E-state index in [4.69, 9.17) is 4.74 Å². The summed E-state index contributed by atoms with van der Waals surface area (Å²) in [6, 6.07) is 10.6. The minimum Gasteiger partial charge on any atom is -0.381 e. The summed E-state index contributed by atoms with van der Waals surface area (Å²) in [5, 5.41) is 5.84. The van der Waals surface area contributed by atoms with Crippen LogP contribution in [0, 0.1) is 17.5 Å². The van der Waals surface area contributed by atoms with Crippen molar-refractivity contribution in [3.8, 4) is 0 Å². The molecule has 4 aromatic rings. The maximum atomic E-state index is 14.3. The molecule has 0 saturated carbocycles. The maximum absolute atomic E-state index is 14.3. The molecule has 1 aliphatic heterocycles. The molecule has 0 unspecified atom stereocenters. The average Bonchev–Trinajstić information content (AvgIpc) is 3.21. The molecule has 0 spiro atoms. The molecule has 1 aliphatic rings. The van der Waals surface area contributed by atoms with E-state index >= 15 is 0 Å². The first-order chi connectivity index (χ1) is 16.6. The lowest BCUT2D eigenvalue weighted by molar-refractivity contribution is 0.0710. The van der Waals surface area contributed by atoms with Gasteiger partial charge in [0.25, 0.3) is 0 Å². The second-order valence-corrected chi connectivity index (χ2v) is 7.41. The highest BCUT2D eigenvalue weighted by atomic mass is 19.1. The Labute approximate surface area is 195 Å². The second kappa shape index (κ2) is 10.5. The number of para-hydroxylation sites is 1. The highest BCUT2D eigenvalue weighted by Crippen LogP contribution is 2.33. The van der Waals surface area contributed by atoms with E-state index in [0.29, 0.717) is 55.3 Å². The number of hydrogen-bond donors (Lipinski definition) is 2. The van der Waals surface area contributed by atoms with Crippen LogP contribution in [0.1, 0.15) is 32.7 Å². The van der Waals surface area contributed by atoms with Gasteiger partial charge in [0.05, 0.1) is 6.20 Å². The summed E-state index contributed by atoms with van der Waals surface area (Å²) in [7, 11) is 0. The van der Waals surface area contributed by atoms with Crippen molar-refractivity contribution >= 4 is 34.4 Å². The maximum Gasteiger partial charge on any atom is 0.229 e. The average molecular weight is 470 g/mol. The Kier molecular flexibility index (Phi) is 7.27. The highest BCUT2D eigenvalue weighted by molar-refractivity contribution is 5.77.